The smallest absolute Gasteiger partial charge is 0.140 e. The highest BCUT2D eigenvalue weighted by Crippen LogP contribution is 2.31. The lowest BCUT2D eigenvalue weighted by atomic mass is 9.96. The van der Waals surface area contributed by atoms with Crippen LogP contribution in [-0.2, 0) is 6.61 Å². The minimum atomic E-state index is 0.0773. The topological polar surface area (TPSA) is 121 Å². The van der Waals surface area contributed by atoms with Gasteiger partial charge in [0.2, 0.25) is 0 Å². The summed E-state index contributed by atoms with van der Waals surface area (Å²) in [6.45, 7) is 12.5. The molecule has 38 heavy (non-hydrogen) atoms. The summed E-state index contributed by atoms with van der Waals surface area (Å²) in [4.78, 5) is 2.45. The molecule has 198 valence electrons. The summed E-state index contributed by atoms with van der Waals surface area (Å²) >= 11 is 0. The highest BCUT2D eigenvalue weighted by Gasteiger charge is 2.24. The molecule has 0 radical (unpaired) electrons. The van der Waals surface area contributed by atoms with E-state index < -0.39 is 0 Å². The van der Waals surface area contributed by atoms with Crippen molar-refractivity contribution in [2.75, 3.05) is 18.8 Å². The van der Waals surface area contributed by atoms with Crippen LogP contribution in [0.2, 0.25) is 0 Å². The number of rotatable bonds is 8. The van der Waals surface area contributed by atoms with Crippen LogP contribution >= 0.6 is 0 Å². The lowest BCUT2D eigenvalue weighted by Crippen LogP contribution is -2.41. The molecule has 1 aliphatic rings. The van der Waals surface area contributed by atoms with Crippen molar-refractivity contribution in [3.63, 3.8) is 0 Å². The zero-order valence-corrected chi connectivity index (χ0v) is 22.8. The summed E-state index contributed by atoms with van der Waals surface area (Å²) in [6, 6.07) is 11.7. The normalized spacial score (nSPS) is 14.3. The summed E-state index contributed by atoms with van der Waals surface area (Å²) in [6.07, 6.45) is 3.65. The van der Waals surface area contributed by atoms with Gasteiger partial charge in [0.05, 0.1) is 23.2 Å². The lowest BCUT2D eigenvalue weighted by Gasteiger charge is -2.35. The SMILES string of the molecule is Cc1cnnc(C)c1COc1ccc(N)c(C(=N)c2cc(C)c(OC3CCN(C(C)C)CC3)c(C#N)c2)c1. The Hall–Kier alpha value is -3.96. The minimum absolute atomic E-state index is 0.0773. The van der Waals surface area contributed by atoms with Crippen LogP contribution in [-0.4, -0.2) is 46.0 Å². The van der Waals surface area contributed by atoms with Gasteiger partial charge in [0.1, 0.15) is 30.3 Å². The highest BCUT2D eigenvalue weighted by atomic mass is 16.5. The summed E-state index contributed by atoms with van der Waals surface area (Å²) in [5, 5.41) is 26.9. The van der Waals surface area contributed by atoms with E-state index in [0.29, 0.717) is 46.5 Å². The molecule has 1 aromatic heterocycles. The van der Waals surface area contributed by atoms with Crippen molar-refractivity contribution in [2.45, 2.75) is 66.2 Å². The Morgan fingerprint density at radius 3 is 2.55 bits per heavy atom. The Balaban J connectivity index is 1.53. The van der Waals surface area contributed by atoms with Crippen molar-refractivity contribution in [1.29, 1.82) is 10.7 Å². The van der Waals surface area contributed by atoms with E-state index in [2.05, 4.69) is 35.0 Å². The number of nitrogen functional groups attached to an aromatic ring is 1. The molecule has 3 N–H and O–H groups in total. The van der Waals surface area contributed by atoms with E-state index >= 15 is 0 Å². The Morgan fingerprint density at radius 1 is 1.16 bits per heavy atom. The molecule has 1 saturated heterocycles. The first-order valence-corrected chi connectivity index (χ1v) is 13.0. The maximum atomic E-state index is 9.92. The second kappa shape index (κ2) is 11.6. The van der Waals surface area contributed by atoms with E-state index in [0.717, 1.165) is 48.3 Å². The molecule has 8 nitrogen and oxygen atoms in total. The summed E-state index contributed by atoms with van der Waals surface area (Å²) in [5.74, 6) is 1.20. The first-order chi connectivity index (χ1) is 18.2. The van der Waals surface area contributed by atoms with Crippen LogP contribution in [0.5, 0.6) is 11.5 Å². The zero-order chi connectivity index (χ0) is 27.4. The average Bonchev–Trinajstić information content (AvgIpc) is 2.90. The Kier molecular flexibility index (Phi) is 8.28. The second-order valence-corrected chi connectivity index (χ2v) is 10.2. The average molecular weight is 513 g/mol. The van der Waals surface area contributed by atoms with E-state index in [9.17, 15) is 5.26 Å². The summed E-state index contributed by atoms with van der Waals surface area (Å²) in [5.41, 5.74) is 12.2. The van der Waals surface area contributed by atoms with E-state index in [1.165, 1.54) is 0 Å². The predicted octanol–water partition coefficient (Wildman–Crippen LogP) is 5.10. The number of hydrogen-bond donors (Lipinski definition) is 2. The molecule has 2 heterocycles. The van der Waals surface area contributed by atoms with Crippen LogP contribution in [0, 0.1) is 37.5 Å². The first-order valence-electron chi connectivity index (χ1n) is 13.0. The Bertz CT molecular complexity index is 1350. The molecule has 0 saturated carbocycles. The molecule has 1 aliphatic heterocycles. The molecule has 3 aromatic rings. The number of piperidine rings is 1. The molecule has 8 heteroatoms. The molecule has 1 fully saturated rings. The molecule has 4 rings (SSSR count). The third-order valence-electron chi connectivity index (χ3n) is 7.22. The Labute approximate surface area is 224 Å². The number of ether oxygens (including phenoxy) is 2. The number of aromatic nitrogens is 2. The van der Waals surface area contributed by atoms with Crippen LogP contribution in [0.15, 0.2) is 36.5 Å². The van der Waals surface area contributed by atoms with Gasteiger partial charge in [-0.05, 0) is 88.9 Å². The number of anilines is 1. The van der Waals surface area contributed by atoms with Crippen LogP contribution in [0.3, 0.4) is 0 Å². The number of likely N-dealkylation sites (tertiary alicyclic amines) is 1. The maximum absolute atomic E-state index is 9.92. The molecule has 0 amide bonds. The van der Waals surface area contributed by atoms with Gasteiger partial charge in [0.25, 0.3) is 0 Å². The third-order valence-corrected chi connectivity index (χ3v) is 7.22. The van der Waals surface area contributed by atoms with Crippen molar-refractivity contribution >= 4 is 11.4 Å². The fraction of sp³-hybridized carbons (Fsp3) is 0.400. The van der Waals surface area contributed by atoms with Crippen molar-refractivity contribution in [1.82, 2.24) is 15.1 Å². The lowest BCUT2D eigenvalue weighted by molar-refractivity contribution is 0.0836. The van der Waals surface area contributed by atoms with E-state index in [4.69, 9.17) is 20.6 Å². The van der Waals surface area contributed by atoms with Gasteiger partial charge in [-0.2, -0.15) is 15.5 Å². The van der Waals surface area contributed by atoms with Gasteiger partial charge >= 0.3 is 0 Å². The zero-order valence-electron chi connectivity index (χ0n) is 22.8. The first kappa shape index (κ1) is 27.1. The largest absolute Gasteiger partial charge is 0.489 e. The summed E-state index contributed by atoms with van der Waals surface area (Å²) in [7, 11) is 0. The minimum Gasteiger partial charge on any atom is -0.489 e. The van der Waals surface area contributed by atoms with Crippen LogP contribution in [0.25, 0.3) is 0 Å². The van der Waals surface area contributed by atoms with Gasteiger partial charge in [-0.15, -0.1) is 0 Å². The van der Waals surface area contributed by atoms with E-state index in [-0.39, 0.29) is 11.8 Å². The van der Waals surface area contributed by atoms with Crippen molar-refractivity contribution < 1.29 is 9.47 Å². The molecule has 0 unspecified atom stereocenters. The molecule has 0 spiro atoms. The predicted molar refractivity (Wildman–Crippen MR) is 149 cm³/mol. The van der Waals surface area contributed by atoms with Crippen molar-refractivity contribution in [2.24, 2.45) is 0 Å². The highest BCUT2D eigenvalue weighted by molar-refractivity contribution is 6.14. The molecule has 2 aromatic carbocycles. The molecule has 0 aliphatic carbocycles. The van der Waals surface area contributed by atoms with E-state index in [1.54, 1.807) is 30.5 Å². The van der Waals surface area contributed by atoms with Crippen molar-refractivity contribution in [3.05, 3.63) is 75.6 Å². The number of nitrogens with one attached hydrogen (secondary N) is 1. The van der Waals surface area contributed by atoms with Crippen LogP contribution < -0.4 is 15.2 Å². The monoisotopic (exact) mass is 512 g/mol. The van der Waals surface area contributed by atoms with Gasteiger partial charge < -0.3 is 20.1 Å². The van der Waals surface area contributed by atoms with E-state index in [1.807, 2.05) is 26.8 Å². The fourth-order valence-electron chi connectivity index (χ4n) is 4.83. The number of nitriles is 1. The molecule has 0 atom stereocenters. The standard InChI is InChI=1S/C30H36N6O2/c1-18(2)36-10-8-24(9-11-36)38-30-19(3)12-22(13-23(30)15-31)29(33)26-14-25(6-7-28(26)32)37-17-27-20(4)16-34-35-21(27)5/h6-7,12-14,16,18,24,33H,8-11,17,32H2,1-5H3. The third kappa shape index (κ3) is 5.95. The van der Waals surface area contributed by atoms with Crippen LogP contribution in [0.4, 0.5) is 5.69 Å². The van der Waals surface area contributed by atoms with Gasteiger partial charge in [0, 0.05) is 41.5 Å². The number of benzene rings is 2. The van der Waals surface area contributed by atoms with Crippen LogP contribution in [0.1, 0.15) is 65.8 Å². The molecular formula is C30H36N6O2. The summed E-state index contributed by atoms with van der Waals surface area (Å²) < 4.78 is 12.4. The number of hydrogen-bond acceptors (Lipinski definition) is 8. The van der Waals surface area contributed by atoms with Crippen molar-refractivity contribution in [3.8, 4) is 17.6 Å². The van der Waals surface area contributed by atoms with Gasteiger partial charge in [-0.25, -0.2) is 0 Å². The second-order valence-electron chi connectivity index (χ2n) is 10.2. The molecular weight excluding hydrogens is 476 g/mol. The Morgan fingerprint density at radius 2 is 1.89 bits per heavy atom. The van der Waals surface area contributed by atoms with Gasteiger partial charge in [-0.3, -0.25) is 5.41 Å². The quantitative estimate of drug-likeness (QED) is 0.318. The number of nitrogens with zero attached hydrogens (tertiary/aromatic N) is 4. The number of aryl methyl sites for hydroxylation is 3. The number of nitrogens with two attached hydrogens (primary N) is 1. The fourth-order valence-corrected chi connectivity index (χ4v) is 4.83. The van der Waals surface area contributed by atoms with Gasteiger partial charge in [0.15, 0.2) is 0 Å². The maximum Gasteiger partial charge on any atom is 0.140 e. The molecule has 0 bridgehead atoms. The van der Waals surface area contributed by atoms with Gasteiger partial charge in [-0.1, -0.05) is 0 Å².